The van der Waals surface area contributed by atoms with E-state index < -0.39 is 17.7 Å². The van der Waals surface area contributed by atoms with Gasteiger partial charge in [-0.25, -0.2) is 0 Å². The summed E-state index contributed by atoms with van der Waals surface area (Å²) in [5.74, 6) is -1.24. The monoisotopic (exact) mass is 496 g/mol. The molecule has 0 saturated carbocycles. The highest BCUT2D eigenvalue weighted by molar-refractivity contribution is 6.51. The fourth-order valence-corrected chi connectivity index (χ4v) is 5.15. The van der Waals surface area contributed by atoms with Crippen LogP contribution in [0.2, 0.25) is 0 Å². The van der Waals surface area contributed by atoms with Crippen molar-refractivity contribution in [3.63, 3.8) is 0 Å². The molecular formula is C30H28N2O5. The zero-order valence-electron chi connectivity index (χ0n) is 20.8. The van der Waals surface area contributed by atoms with Gasteiger partial charge < -0.3 is 15.2 Å². The smallest absolute Gasteiger partial charge is 0.300 e. The highest BCUT2D eigenvalue weighted by atomic mass is 16.5. The summed E-state index contributed by atoms with van der Waals surface area (Å²) in [5.41, 5.74) is 4.69. The maximum atomic E-state index is 13.4. The molecule has 7 nitrogen and oxygen atoms in total. The molecule has 5 rings (SSSR count). The van der Waals surface area contributed by atoms with Gasteiger partial charge in [0.15, 0.2) is 0 Å². The van der Waals surface area contributed by atoms with Crippen LogP contribution in [0.3, 0.4) is 0 Å². The van der Waals surface area contributed by atoms with Crippen LogP contribution < -0.4 is 15.0 Å². The van der Waals surface area contributed by atoms with Crippen molar-refractivity contribution in [3.05, 3.63) is 94.6 Å². The third-order valence-corrected chi connectivity index (χ3v) is 6.96. The minimum Gasteiger partial charge on any atom is -0.507 e. The first kappa shape index (κ1) is 24.3. The first-order valence-corrected chi connectivity index (χ1v) is 12.3. The first-order valence-electron chi connectivity index (χ1n) is 12.3. The highest BCUT2D eigenvalue weighted by Gasteiger charge is 2.47. The van der Waals surface area contributed by atoms with E-state index in [9.17, 15) is 19.5 Å². The molecule has 2 aliphatic rings. The summed E-state index contributed by atoms with van der Waals surface area (Å²) in [6, 6.07) is 18.7. The summed E-state index contributed by atoms with van der Waals surface area (Å²) in [5, 5.41) is 14.2. The molecule has 0 aromatic heterocycles. The Morgan fingerprint density at radius 3 is 2.27 bits per heavy atom. The predicted molar refractivity (Wildman–Crippen MR) is 142 cm³/mol. The van der Waals surface area contributed by atoms with E-state index in [-0.39, 0.29) is 17.2 Å². The van der Waals surface area contributed by atoms with Gasteiger partial charge in [0, 0.05) is 23.9 Å². The van der Waals surface area contributed by atoms with Crippen LogP contribution in [0.15, 0.2) is 72.3 Å². The second kappa shape index (κ2) is 9.93. The van der Waals surface area contributed by atoms with Crippen molar-refractivity contribution in [2.24, 2.45) is 0 Å². The van der Waals surface area contributed by atoms with Gasteiger partial charge in [-0.05, 0) is 84.8 Å². The van der Waals surface area contributed by atoms with E-state index in [0.717, 1.165) is 25.7 Å². The fraction of sp³-hybridized carbons (Fsp3) is 0.233. The Morgan fingerprint density at radius 2 is 1.62 bits per heavy atom. The van der Waals surface area contributed by atoms with Crippen LogP contribution in [0.5, 0.6) is 5.75 Å². The Kier molecular flexibility index (Phi) is 6.53. The second-order valence-corrected chi connectivity index (χ2v) is 9.36. The number of nitrogens with one attached hydrogen (secondary N) is 1. The number of rotatable bonds is 5. The summed E-state index contributed by atoms with van der Waals surface area (Å²) >= 11 is 0. The zero-order valence-corrected chi connectivity index (χ0v) is 20.8. The van der Waals surface area contributed by atoms with Crippen molar-refractivity contribution >= 4 is 34.7 Å². The van der Waals surface area contributed by atoms with E-state index in [4.69, 9.17) is 4.74 Å². The molecule has 3 aromatic rings. The topological polar surface area (TPSA) is 95.9 Å². The Balaban J connectivity index is 1.63. The number of nitrogens with zero attached hydrogens (tertiary/aromatic N) is 1. The number of methoxy groups -OCH3 is 1. The molecule has 0 radical (unpaired) electrons. The van der Waals surface area contributed by atoms with Gasteiger partial charge in [-0.15, -0.1) is 0 Å². The number of anilines is 2. The number of Topliss-reactive ketones (excluding diaryl/α,β-unsaturated/α-hetero) is 1. The van der Waals surface area contributed by atoms with Crippen molar-refractivity contribution in [1.82, 2.24) is 0 Å². The lowest BCUT2D eigenvalue weighted by Gasteiger charge is -2.26. The quantitative estimate of drug-likeness (QED) is 0.289. The minimum absolute atomic E-state index is 0.0388. The van der Waals surface area contributed by atoms with E-state index in [0.29, 0.717) is 28.3 Å². The van der Waals surface area contributed by atoms with E-state index in [1.165, 1.54) is 23.0 Å². The molecule has 1 unspecified atom stereocenters. The minimum atomic E-state index is -0.839. The molecule has 1 aliphatic heterocycles. The molecule has 1 aliphatic carbocycles. The van der Waals surface area contributed by atoms with E-state index >= 15 is 0 Å². The number of aliphatic hydroxyl groups excluding tert-OH is 1. The van der Waals surface area contributed by atoms with Crippen molar-refractivity contribution in [1.29, 1.82) is 0 Å². The Labute approximate surface area is 215 Å². The lowest BCUT2D eigenvalue weighted by Crippen LogP contribution is -2.29. The van der Waals surface area contributed by atoms with Gasteiger partial charge in [0.2, 0.25) is 5.91 Å². The molecule has 2 amide bonds. The fourth-order valence-electron chi connectivity index (χ4n) is 5.15. The lowest BCUT2D eigenvalue weighted by atomic mass is 9.88. The molecule has 1 atom stereocenters. The summed E-state index contributed by atoms with van der Waals surface area (Å²) in [6.07, 6.45) is 4.15. The number of hydrogen-bond donors (Lipinski definition) is 2. The molecule has 3 aromatic carbocycles. The number of aryl methyl sites for hydroxylation is 2. The second-order valence-electron chi connectivity index (χ2n) is 9.36. The first-order chi connectivity index (χ1) is 17.9. The standard InChI is InChI=1S/C30H28N2O5/c1-18(33)31-23-11-13-24(14-12-23)32-27(20-9-15-25(37-2)16-10-20)26(29(35)30(32)36)28(34)22-8-7-19-5-3-4-6-21(19)17-22/h7-17,27,34H,3-6H2,1-2H3,(H,31,33)/b28-26-. The predicted octanol–water partition coefficient (Wildman–Crippen LogP) is 5.16. The number of ketones is 1. The van der Waals surface area contributed by atoms with Crippen LogP contribution in [-0.2, 0) is 27.2 Å². The van der Waals surface area contributed by atoms with Gasteiger partial charge in [0.1, 0.15) is 11.5 Å². The van der Waals surface area contributed by atoms with Crippen molar-refractivity contribution in [2.75, 3.05) is 17.3 Å². The van der Waals surface area contributed by atoms with Crippen molar-refractivity contribution in [2.45, 2.75) is 38.6 Å². The van der Waals surface area contributed by atoms with Crippen molar-refractivity contribution < 1.29 is 24.2 Å². The van der Waals surface area contributed by atoms with Gasteiger partial charge in [-0.3, -0.25) is 19.3 Å². The number of carbonyl (C=O) groups is 3. The number of carbonyl (C=O) groups excluding carboxylic acids is 3. The number of amides is 2. The maximum Gasteiger partial charge on any atom is 0.300 e. The van der Waals surface area contributed by atoms with Gasteiger partial charge >= 0.3 is 0 Å². The summed E-state index contributed by atoms with van der Waals surface area (Å²) in [6.45, 7) is 1.41. The Morgan fingerprint density at radius 1 is 0.946 bits per heavy atom. The van der Waals surface area contributed by atoms with Crippen LogP contribution in [-0.4, -0.2) is 29.8 Å². The number of ether oxygens (including phenoxy) is 1. The number of aliphatic hydroxyl groups is 1. The molecule has 7 heteroatoms. The van der Waals surface area contributed by atoms with Gasteiger partial charge in [0.25, 0.3) is 11.7 Å². The summed E-state index contributed by atoms with van der Waals surface area (Å²) < 4.78 is 5.28. The van der Waals surface area contributed by atoms with Gasteiger partial charge in [-0.2, -0.15) is 0 Å². The number of hydrogen-bond acceptors (Lipinski definition) is 5. The maximum absolute atomic E-state index is 13.4. The lowest BCUT2D eigenvalue weighted by molar-refractivity contribution is -0.132. The SMILES string of the molecule is COc1ccc(C2/C(=C(/O)c3ccc4c(c3)CCCC4)C(=O)C(=O)N2c2ccc(NC(C)=O)cc2)cc1. The van der Waals surface area contributed by atoms with E-state index in [1.54, 1.807) is 55.6 Å². The van der Waals surface area contributed by atoms with Gasteiger partial charge in [0.05, 0.1) is 18.7 Å². The largest absolute Gasteiger partial charge is 0.507 e. The molecule has 188 valence electrons. The number of fused-ring (bicyclic) bond motifs is 1. The summed E-state index contributed by atoms with van der Waals surface area (Å²) in [4.78, 5) is 39.6. The summed E-state index contributed by atoms with van der Waals surface area (Å²) in [7, 11) is 1.56. The number of benzene rings is 3. The molecule has 2 N–H and O–H groups in total. The molecule has 0 spiro atoms. The van der Waals surface area contributed by atoms with Crippen molar-refractivity contribution in [3.8, 4) is 5.75 Å². The Hall–Kier alpha value is -4.39. The normalized spacial score (nSPS) is 18.4. The third kappa shape index (κ3) is 4.60. The van der Waals surface area contributed by atoms with Gasteiger partial charge in [-0.1, -0.05) is 24.3 Å². The average Bonchev–Trinajstić information content (AvgIpc) is 3.18. The van der Waals surface area contributed by atoms with Crippen LogP contribution in [0.1, 0.15) is 48.1 Å². The van der Waals surface area contributed by atoms with Crippen LogP contribution in [0.25, 0.3) is 5.76 Å². The highest BCUT2D eigenvalue weighted by Crippen LogP contribution is 2.43. The van der Waals surface area contributed by atoms with Crippen LogP contribution in [0.4, 0.5) is 11.4 Å². The third-order valence-electron chi connectivity index (χ3n) is 6.96. The molecule has 1 heterocycles. The molecule has 0 bridgehead atoms. The van der Waals surface area contributed by atoms with E-state index in [2.05, 4.69) is 5.32 Å². The molecule has 1 saturated heterocycles. The molecule has 37 heavy (non-hydrogen) atoms. The Bertz CT molecular complexity index is 1410. The van der Waals surface area contributed by atoms with E-state index in [1.807, 2.05) is 18.2 Å². The van der Waals surface area contributed by atoms with Crippen LogP contribution in [0, 0.1) is 0 Å². The zero-order chi connectivity index (χ0) is 26.1. The molecule has 1 fully saturated rings. The average molecular weight is 497 g/mol. The molecular weight excluding hydrogens is 468 g/mol. The van der Waals surface area contributed by atoms with Crippen LogP contribution >= 0.6 is 0 Å².